The van der Waals surface area contributed by atoms with Gasteiger partial charge in [0, 0.05) is 19.0 Å². The fourth-order valence-electron chi connectivity index (χ4n) is 2.02. The summed E-state index contributed by atoms with van der Waals surface area (Å²) < 4.78 is 5.57. The van der Waals surface area contributed by atoms with Crippen molar-refractivity contribution in [2.75, 3.05) is 13.6 Å². The Kier molecular flexibility index (Phi) is 5.54. The van der Waals surface area contributed by atoms with E-state index >= 15 is 0 Å². The minimum absolute atomic E-state index is 0.428. The molecule has 0 aliphatic heterocycles. The highest BCUT2D eigenvalue weighted by molar-refractivity contribution is 7.09. The number of hydrogen-bond acceptors (Lipinski definition) is 5. The van der Waals surface area contributed by atoms with E-state index in [9.17, 15) is 0 Å². The molecular weight excluding hydrogens is 298 g/mol. The molecule has 2 rings (SSSR count). The van der Waals surface area contributed by atoms with Gasteiger partial charge in [0.05, 0.1) is 22.9 Å². The molecule has 1 N–H and O–H groups in total. The van der Waals surface area contributed by atoms with Crippen molar-refractivity contribution in [1.29, 1.82) is 0 Å². The number of aliphatic imine (C=N–C) groups is 1. The van der Waals surface area contributed by atoms with E-state index in [-0.39, 0.29) is 0 Å². The van der Waals surface area contributed by atoms with Crippen molar-refractivity contribution in [2.45, 2.75) is 40.8 Å². The van der Waals surface area contributed by atoms with Crippen molar-refractivity contribution < 1.29 is 4.42 Å². The van der Waals surface area contributed by atoms with Crippen molar-refractivity contribution in [3.8, 4) is 0 Å². The van der Waals surface area contributed by atoms with Crippen LogP contribution in [0, 0.1) is 20.8 Å². The van der Waals surface area contributed by atoms with Crippen LogP contribution in [0.3, 0.4) is 0 Å². The number of aromatic nitrogens is 2. The van der Waals surface area contributed by atoms with E-state index in [1.165, 1.54) is 0 Å². The van der Waals surface area contributed by atoms with E-state index in [1.54, 1.807) is 11.3 Å². The Bertz CT molecular complexity index is 627. The summed E-state index contributed by atoms with van der Waals surface area (Å²) in [7, 11) is 2.00. The summed E-state index contributed by atoms with van der Waals surface area (Å²) in [6, 6.07) is 0. The van der Waals surface area contributed by atoms with Gasteiger partial charge in [-0.2, -0.15) is 0 Å². The summed E-state index contributed by atoms with van der Waals surface area (Å²) >= 11 is 1.66. The largest absolute Gasteiger partial charge is 0.444 e. The van der Waals surface area contributed by atoms with Crippen LogP contribution < -0.4 is 5.32 Å². The van der Waals surface area contributed by atoms with E-state index in [0.717, 1.165) is 41.2 Å². The Morgan fingerprint density at radius 3 is 2.68 bits per heavy atom. The molecule has 0 aliphatic rings. The van der Waals surface area contributed by atoms with Gasteiger partial charge in [-0.15, -0.1) is 11.3 Å². The van der Waals surface area contributed by atoms with Crippen molar-refractivity contribution in [2.24, 2.45) is 4.99 Å². The monoisotopic (exact) mass is 321 g/mol. The molecule has 2 aromatic heterocycles. The SMILES string of the molecule is CCNC(=NCc1nc(C)c(C)o1)N(C)Cc1csc(C)n1. The van der Waals surface area contributed by atoms with E-state index in [4.69, 9.17) is 4.42 Å². The summed E-state index contributed by atoms with van der Waals surface area (Å²) in [5, 5.41) is 6.44. The van der Waals surface area contributed by atoms with E-state index < -0.39 is 0 Å². The highest BCUT2D eigenvalue weighted by Gasteiger charge is 2.10. The second-order valence-corrected chi connectivity index (χ2v) is 6.20. The zero-order valence-electron chi connectivity index (χ0n) is 13.8. The van der Waals surface area contributed by atoms with Crippen LogP contribution in [-0.2, 0) is 13.1 Å². The molecule has 2 heterocycles. The molecule has 0 radical (unpaired) electrons. The lowest BCUT2D eigenvalue weighted by Crippen LogP contribution is -2.38. The molecule has 120 valence electrons. The topological polar surface area (TPSA) is 66.6 Å². The molecule has 22 heavy (non-hydrogen) atoms. The van der Waals surface area contributed by atoms with Crippen LogP contribution in [0.2, 0.25) is 0 Å². The number of hydrogen-bond donors (Lipinski definition) is 1. The first kappa shape index (κ1) is 16.5. The molecule has 0 unspecified atom stereocenters. The molecule has 2 aromatic rings. The van der Waals surface area contributed by atoms with Gasteiger partial charge < -0.3 is 14.6 Å². The lowest BCUT2D eigenvalue weighted by Gasteiger charge is -2.20. The summed E-state index contributed by atoms with van der Waals surface area (Å²) in [6.07, 6.45) is 0. The minimum Gasteiger partial charge on any atom is -0.444 e. The van der Waals surface area contributed by atoms with Gasteiger partial charge in [-0.1, -0.05) is 0 Å². The molecule has 0 spiro atoms. The first-order chi connectivity index (χ1) is 10.5. The smallest absolute Gasteiger partial charge is 0.216 e. The predicted octanol–water partition coefficient (Wildman–Crippen LogP) is 2.65. The first-order valence-electron chi connectivity index (χ1n) is 7.33. The second-order valence-electron chi connectivity index (χ2n) is 5.13. The fraction of sp³-hybridized carbons (Fsp3) is 0.533. The van der Waals surface area contributed by atoms with Gasteiger partial charge in [0.2, 0.25) is 5.89 Å². The van der Waals surface area contributed by atoms with Gasteiger partial charge in [-0.3, -0.25) is 0 Å². The average Bonchev–Trinajstić information content (AvgIpc) is 3.01. The summed E-state index contributed by atoms with van der Waals surface area (Å²) in [6.45, 7) is 9.88. The van der Waals surface area contributed by atoms with E-state index in [2.05, 4.69) is 37.5 Å². The van der Waals surface area contributed by atoms with Gasteiger partial charge in [-0.25, -0.2) is 15.0 Å². The van der Waals surface area contributed by atoms with E-state index in [1.807, 2.05) is 27.8 Å². The van der Waals surface area contributed by atoms with Gasteiger partial charge in [0.25, 0.3) is 0 Å². The maximum atomic E-state index is 5.57. The minimum atomic E-state index is 0.428. The van der Waals surface area contributed by atoms with Crippen LogP contribution in [0.1, 0.15) is 35.0 Å². The first-order valence-corrected chi connectivity index (χ1v) is 8.21. The summed E-state index contributed by atoms with van der Waals surface area (Å²) in [4.78, 5) is 15.5. The Balaban J connectivity index is 2.05. The third-order valence-corrected chi connectivity index (χ3v) is 4.02. The van der Waals surface area contributed by atoms with Crippen molar-refractivity contribution in [1.82, 2.24) is 20.2 Å². The normalized spacial score (nSPS) is 11.8. The maximum Gasteiger partial charge on any atom is 0.216 e. The Morgan fingerprint density at radius 1 is 1.36 bits per heavy atom. The van der Waals surface area contributed by atoms with Crippen LogP contribution in [0.25, 0.3) is 0 Å². The highest BCUT2D eigenvalue weighted by Crippen LogP contribution is 2.11. The number of nitrogens with one attached hydrogen (secondary N) is 1. The van der Waals surface area contributed by atoms with Crippen molar-refractivity contribution in [3.05, 3.63) is 33.4 Å². The zero-order valence-corrected chi connectivity index (χ0v) is 14.6. The maximum absolute atomic E-state index is 5.57. The number of nitrogens with zero attached hydrogens (tertiary/aromatic N) is 4. The molecule has 0 amide bonds. The molecule has 0 saturated heterocycles. The fourth-order valence-corrected chi connectivity index (χ4v) is 2.62. The van der Waals surface area contributed by atoms with Gasteiger partial charge >= 0.3 is 0 Å². The molecule has 7 heteroatoms. The predicted molar refractivity (Wildman–Crippen MR) is 89.1 cm³/mol. The molecule has 0 saturated carbocycles. The van der Waals surface area contributed by atoms with Gasteiger partial charge in [0.15, 0.2) is 5.96 Å². The lowest BCUT2D eigenvalue weighted by atomic mass is 10.4. The molecule has 0 atom stereocenters. The van der Waals surface area contributed by atoms with Crippen LogP contribution in [-0.4, -0.2) is 34.4 Å². The van der Waals surface area contributed by atoms with Crippen molar-refractivity contribution in [3.63, 3.8) is 0 Å². The summed E-state index contributed by atoms with van der Waals surface area (Å²) in [5.74, 6) is 2.31. The molecule has 0 aliphatic carbocycles. The second kappa shape index (κ2) is 7.40. The lowest BCUT2D eigenvalue weighted by molar-refractivity contribution is 0.455. The molecular formula is C15H23N5OS. The Morgan fingerprint density at radius 2 is 2.14 bits per heavy atom. The zero-order chi connectivity index (χ0) is 16.1. The number of thiazole rings is 1. The van der Waals surface area contributed by atoms with Gasteiger partial charge in [0.1, 0.15) is 12.3 Å². The highest BCUT2D eigenvalue weighted by atomic mass is 32.1. The van der Waals surface area contributed by atoms with E-state index in [0.29, 0.717) is 12.4 Å². The number of guanidine groups is 1. The summed E-state index contributed by atoms with van der Waals surface area (Å²) in [5.41, 5.74) is 1.97. The quantitative estimate of drug-likeness (QED) is 0.677. The third kappa shape index (κ3) is 4.30. The Labute approximate surface area is 135 Å². The standard InChI is InChI=1S/C15H23N5OS/c1-6-16-15(17-7-14-18-10(2)11(3)21-14)20(5)8-13-9-22-12(4)19-13/h9H,6-8H2,1-5H3,(H,16,17). The molecule has 6 nitrogen and oxygen atoms in total. The number of aryl methyl sites for hydroxylation is 3. The number of rotatable bonds is 5. The van der Waals surface area contributed by atoms with Crippen LogP contribution in [0.15, 0.2) is 14.8 Å². The van der Waals surface area contributed by atoms with Crippen LogP contribution in [0.5, 0.6) is 0 Å². The van der Waals surface area contributed by atoms with Crippen LogP contribution in [0.4, 0.5) is 0 Å². The molecule has 0 aromatic carbocycles. The van der Waals surface area contributed by atoms with Crippen molar-refractivity contribution >= 4 is 17.3 Å². The van der Waals surface area contributed by atoms with Crippen LogP contribution >= 0.6 is 11.3 Å². The third-order valence-electron chi connectivity index (χ3n) is 3.20. The number of oxazole rings is 1. The molecule has 0 bridgehead atoms. The molecule has 0 fully saturated rings. The average molecular weight is 321 g/mol. The van der Waals surface area contributed by atoms with Gasteiger partial charge in [-0.05, 0) is 27.7 Å². The Hall–Kier alpha value is -1.89.